The number of allylic oxidation sites excluding steroid dienone is 1. The van der Waals surface area contributed by atoms with Crippen molar-refractivity contribution in [1.29, 1.82) is 0 Å². The minimum absolute atomic E-state index is 0.379. The van der Waals surface area contributed by atoms with E-state index in [-0.39, 0.29) is 0 Å². The van der Waals surface area contributed by atoms with E-state index in [0.29, 0.717) is 6.10 Å². The first kappa shape index (κ1) is 26.0. The van der Waals surface area contributed by atoms with Crippen molar-refractivity contribution in [3.05, 3.63) is 47.5 Å². The third kappa shape index (κ3) is 7.71. The van der Waals surface area contributed by atoms with E-state index in [4.69, 9.17) is 4.74 Å². The van der Waals surface area contributed by atoms with Crippen LogP contribution in [0, 0.1) is 17.8 Å². The highest BCUT2D eigenvalue weighted by Crippen LogP contribution is 2.40. The van der Waals surface area contributed by atoms with E-state index in [1.165, 1.54) is 103 Å². The summed E-state index contributed by atoms with van der Waals surface area (Å²) in [6.07, 6.45) is 27.1. The maximum Gasteiger partial charge on any atom is 0.0756 e. The molecule has 1 aromatic rings. The molecule has 2 atom stereocenters. The highest BCUT2D eigenvalue weighted by molar-refractivity contribution is 5.28. The van der Waals surface area contributed by atoms with Crippen LogP contribution in [0.2, 0.25) is 0 Å². The second-order valence-electron chi connectivity index (χ2n) is 12.0. The van der Waals surface area contributed by atoms with Crippen molar-refractivity contribution >= 4 is 0 Å². The van der Waals surface area contributed by atoms with Gasteiger partial charge in [-0.1, -0.05) is 82.4 Å². The fourth-order valence-electron chi connectivity index (χ4n) is 7.04. The molecule has 0 saturated heterocycles. The average molecular weight is 465 g/mol. The fourth-order valence-corrected chi connectivity index (χ4v) is 7.04. The predicted molar refractivity (Wildman–Crippen MR) is 146 cm³/mol. The molecule has 1 aromatic carbocycles. The number of hydrogen-bond donors (Lipinski definition) is 0. The summed E-state index contributed by atoms with van der Waals surface area (Å²) in [6.45, 7) is 5.61. The average Bonchev–Trinajstić information content (AvgIpc) is 2.89. The lowest BCUT2D eigenvalue weighted by Gasteiger charge is -2.31. The molecule has 0 aromatic heterocycles. The van der Waals surface area contributed by atoms with Crippen molar-refractivity contribution in [2.75, 3.05) is 6.61 Å². The van der Waals surface area contributed by atoms with Crippen LogP contribution < -0.4 is 0 Å². The maximum atomic E-state index is 6.36. The molecule has 0 aliphatic heterocycles. The van der Waals surface area contributed by atoms with Gasteiger partial charge in [-0.2, -0.15) is 0 Å². The van der Waals surface area contributed by atoms with Gasteiger partial charge in [-0.15, -0.1) is 0 Å². The summed E-state index contributed by atoms with van der Waals surface area (Å²) < 4.78 is 6.36. The molecule has 0 bridgehead atoms. The van der Waals surface area contributed by atoms with E-state index in [2.05, 4.69) is 50.3 Å². The zero-order valence-electron chi connectivity index (χ0n) is 22.4. The molecule has 1 heteroatoms. The lowest BCUT2D eigenvalue weighted by atomic mass is 9.76. The van der Waals surface area contributed by atoms with E-state index < -0.39 is 0 Å². The SMILES string of the molecule is CCCCCC1C=CC(OCC2CCC(c3ccc(C4CCC(CCC)CC4)cc3)CC2)CC1. The molecule has 0 radical (unpaired) electrons. The minimum atomic E-state index is 0.379. The molecule has 3 aliphatic carbocycles. The Balaban J connectivity index is 1.14. The molecule has 34 heavy (non-hydrogen) atoms. The van der Waals surface area contributed by atoms with Gasteiger partial charge in [-0.25, -0.2) is 0 Å². The molecular weight excluding hydrogens is 412 g/mol. The third-order valence-electron chi connectivity index (χ3n) is 9.41. The van der Waals surface area contributed by atoms with Crippen LogP contribution in [0.25, 0.3) is 0 Å². The summed E-state index contributed by atoms with van der Waals surface area (Å²) in [5, 5.41) is 0. The molecule has 1 nitrogen and oxygen atoms in total. The molecule has 2 saturated carbocycles. The Morgan fingerprint density at radius 1 is 0.618 bits per heavy atom. The monoisotopic (exact) mass is 464 g/mol. The number of benzene rings is 1. The van der Waals surface area contributed by atoms with Crippen LogP contribution in [-0.4, -0.2) is 12.7 Å². The zero-order chi connectivity index (χ0) is 23.6. The molecule has 2 fully saturated rings. The van der Waals surface area contributed by atoms with Gasteiger partial charge in [0.25, 0.3) is 0 Å². The molecule has 0 spiro atoms. The summed E-state index contributed by atoms with van der Waals surface area (Å²) in [7, 11) is 0. The van der Waals surface area contributed by atoms with Gasteiger partial charge >= 0.3 is 0 Å². The van der Waals surface area contributed by atoms with Gasteiger partial charge in [0.2, 0.25) is 0 Å². The van der Waals surface area contributed by atoms with Crippen LogP contribution in [0.5, 0.6) is 0 Å². The Morgan fingerprint density at radius 3 is 1.76 bits per heavy atom. The smallest absolute Gasteiger partial charge is 0.0756 e. The van der Waals surface area contributed by atoms with Gasteiger partial charge in [0.1, 0.15) is 0 Å². The van der Waals surface area contributed by atoms with Crippen molar-refractivity contribution < 1.29 is 4.74 Å². The first-order chi connectivity index (χ1) is 16.7. The first-order valence-corrected chi connectivity index (χ1v) is 15.1. The normalized spacial score (nSPS) is 32.1. The van der Waals surface area contributed by atoms with Gasteiger partial charge in [0.15, 0.2) is 0 Å². The predicted octanol–water partition coefficient (Wildman–Crippen LogP) is 9.97. The number of ether oxygens (including phenoxy) is 1. The van der Waals surface area contributed by atoms with E-state index in [9.17, 15) is 0 Å². The molecule has 2 unspecified atom stereocenters. The Labute approximate surface area is 211 Å². The number of rotatable bonds is 11. The van der Waals surface area contributed by atoms with Gasteiger partial charge in [-0.3, -0.25) is 0 Å². The molecule has 0 heterocycles. The quantitative estimate of drug-likeness (QED) is 0.234. The minimum Gasteiger partial charge on any atom is -0.374 e. The van der Waals surface area contributed by atoms with Crippen molar-refractivity contribution in [3.63, 3.8) is 0 Å². The lowest BCUT2D eigenvalue weighted by Crippen LogP contribution is -2.23. The second-order valence-corrected chi connectivity index (χ2v) is 12.0. The van der Waals surface area contributed by atoms with Crippen LogP contribution in [0.1, 0.15) is 140 Å². The van der Waals surface area contributed by atoms with Crippen molar-refractivity contribution in [1.82, 2.24) is 0 Å². The Hall–Kier alpha value is -1.08. The van der Waals surface area contributed by atoms with Crippen LogP contribution in [0.3, 0.4) is 0 Å². The summed E-state index contributed by atoms with van der Waals surface area (Å²) in [4.78, 5) is 0. The topological polar surface area (TPSA) is 9.23 Å². The number of hydrogen-bond acceptors (Lipinski definition) is 1. The molecule has 0 amide bonds. The van der Waals surface area contributed by atoms with Crippen molar-refractivity contribution in [2.24, 2.45) is 17.8 Å². The fraction of sp³-hybridized carbons (Fsp3) is 0.758. The Kier molecular flexibility index (Phi) is 10.6. The highest BCUT2D eigenvalue weighted by atomic mass is 16.5. The van der Waals surface area contributed by atoms with Crippen LogP contribution in [0.4, 0.5) is 0 Å². The van der Waals surface area contributed by atoms with E-state index in [0.717, 1.165) is 36.2 Å². The summed E-state index contributed by atoms with van der Waals surface area (Å²) in [5.41, 5.74) is 3.20. The summed E-state index contributed by atoms with van der Waals surface area (Å²) in [5.74, 6) is 4.16. The van der Waals surface area contributed by atoms with Gasteiger partial charge in [0.05, 0.1) is 12.7 Å². The standard InChI is InChI=1S/C33H52O/c1-3-5-6-8-27-13-23-33(24-14-27)34-25-28-11-17-30(18-12-28)32-21-19-31(20-22-32)29-15-9-26(7-4-2)10-16-29/h13,19-23,26-30,33H,3-12,14-18,24-25H2,1-2H3. The number of unbranched alkanes of at least 4 members (excludes halogenated alkanes) is 2. The molecule has 3 aliphatic rings. The highest BCUT2D eigenvalue weighted by Gasteiger charge is 2.25. The van der Waals surface area contributed by atoms with Crippen molar-refractivity contribution in [2.45, 2.75) is 135 Å². The first-order valence-electron chi connectivity index (χ1n) is 15.1. The van der Waals surface area contributed by atoms with Gasteiger partial charge in [-0.05, 0) is 111 Å². The molecule has 0 N–H and O–H groups in total. The Bertz CT molecular complexity index is 703. The van der Waals surface area contributed by atoms with E-state index in [1.807, 2.05) is 0 Å². The third-order valence-corrected chi connectivity index (χ3v) is 9.41. The van der Waals surface area contributed by atoms with E-state index >= 15 is 0 Å². The van der Waals surface area contributed by atoms with Crippen LogP contribution >= 0.6 is 0 Å². The summed E-state index contributed by atoms with van der Waals surface area (Å²) >= 11 is 0. The van der Waals surface area contributed by atoms with Crippen LogP contribution in [-0.2, 0) is 4.74 Å². The van der Waals surface area contributed by atoms with Gasteiger partial charge in [0, 0.05) is 0 Å². The molecule has 4 rings (SSSR count). The maximum absolute atomic E-state index is 6.36. The van der Waals surface area contributed by atoms with Crippen molar-refractivity contribution in [3.8, 4) is 0 Å². The van der Waals surface area contributed by atoms with Crippen LogP contribution in [0.15, 0.2) is 36.4 Å². The van der Waals surface area contributed by atoms with Gasteiger partial charge < -0.3 is 4.74 Å². The lowest BCUT2D eigenvalue weighted by molar-refractivity contribution is 0.0346. The summed E-state index contributed by atoms with van der Waals surface area (Å²) in [6, 6.07) is 9.89. The Morgan fingerprint density at radius 2 is 1.24 bits per heavy atom. The largest absolute Gasteiger partial charge is 0.374 e. The molecular formula is C33H52O. The van der Waals surface area contributed by atoms with E-state index in [1.54, 1.807) is 11.1 Å². The molecule has 190 valence electrons. The second kappa shape index (κ2) is 13.9. The zero-order valence-corrected chi connectivity index (χ0v) is 22.4.